The molecule has 0 saturated carbocycles. The number of likely N-dealkylation sites (tertiary alicyclic amines) is 1. The van der Waals surface area contributed by atoms with E-state index in [4.69, 9.17) is 0 Å². The summed E-state index contributed by atoms with van der Waals surface area (Å²) in [5.41, 5.74) is 1.32. The maximum atomic E-state index is 13.7. The predicted octanol–water partition coefficient (Wildman–Crippen LogP) is 3.08. The number of nitrogens with one attached hydrogen (secondary N) is 1. The van der Waals surface area contributed by atoms with Crippen molar-refractivity contribution in [2.24, 2.45) is 0 Å². The summed E-state index contributed by atoms with van der Waals surface area (Å²) in [5.74, 6) is -1.43. The second-order valence-corrected chi connectivity index (χ2v) is 5.64. The Hall–Kier alpha value is -2.76. The number of halogens is 2. The summed E-state index contributed by atoms with van der Waals surface area (Å²) in [5, 5.41) is 0. The van der Waals surface area contributed by atoms with E-state index in [-0.39, 0.29) is 5.92 Å². The fourth-order valence-electron chi connectivity index (χ4n) is 2.84. The molecule has 6 heteroatoms. The van der Waals surface area contributed by atoms with E-state index in [0.717, 1.165) is 29.0 Å². The molecule has 0 bridgehead atoms. The first-order valence-electron chi connectivity index (χ1n) is 7.31. The van der Waals surface area contributed by atoms with Gasteiger partial charge in [-0.3, -0.25) is 4.79 Å². The molecule has 1 aromatic heterocycles. The van der Waals surface area contributed by atoms with Gasteiger partial charge in [0.2, 0.25) is 0 Å². The highest BCUT2D eigenvalue weighted by Gasteiger charge is 2.36. The summed E-state index contributed by atoms with van der Waals surface area (Å²) in [4.78, 5) is 21.4. The van der Waals surface area contributed by atoms with Crippen LogP contribution in [0.5, 0.6) is 0 Å². The van der Waals surface area contributed by atoms with E-state index in [1.54, 1.807) is 0 Å². The summed E-state index contributed by atoms with van der Waals surface area (Å²) < 4.78 is 27.4. The molecule has 2 aromatic carbocycles. The number of amides is 1. The molecule has 1 N–H and O–H groups in total. The van der Waals surface area contributed by atoms with Crippen molar-refractivity contribution in [2.75, 3.05) is 13.1 Å². The smallest absolute Gasteiger partial charge is 0.259 e. The summed E-state index contributed by atoms with van der Waals surface area (Å²) in [6, 6.07) is 11.1. The van der Waals surface area contributed by atoms with Gasteiger partial charge in [0.05, 0.1) is 17.0 Å². The van der Waals surface area contributed by atoms with E-state index in [2.05, 4.69) is 9.97 Å². The largest absolute Gasteiger partial charge is 0.342 e. The number of hydrogen-bond acceptors (Lipinski definition) is 2. The Morgan fingerprint density at radius 1 is 1.09 bits per heavy atom. The highest BCUT2D eigenvalue weighted by atomic mass is 19.1. The number of para-hydroxylation sites is 2. The van der Waals surface area contributed by atoms with Gasteiger partial charge in [0.1, 0.15) is 23.0 Å². The van der Waals surface area contributed by atoms with Crippen molar-refractivity contribution >= 4 is 16.9 Å². The highest BCUT2D eigenvalue weighted by molar-refractivity contribution is 5.95. The SMILES string of the molecule is O=C(c1c(F)cccc1F)N1CC(c2nc3ccccc3[nH]2)C1. The van der Waals surface area contributed by atoms with Crippen LogP contribution in [0.15, 0.2) is 42.5 Å². The van der Waals surface area contributed by atoms with Crippen molar-refractivity contribution in [3.63, 3.8) is 0 Å². The minimum Gasteiger partial charge on any atom is -0.342 e. The van der Waals surface area contributed by atoms with Crippen molar-refractivity contribution in [1.29, 1.82) is 0 Å². The normalized spacial score (nSPS) is 15.0. The van der Waals surface area contributed by atoms with Crippen molar-refractivity contribution in [1.82, 2.24) is 14.9 Å². The molecule has 0 spiro atoms. The zero-order valence-corrected chi connectivity index (χ0v) is 12.1. The number of nitrogens with zero attached hydrogens (tertiary/aromatic N) is 2. The van der Waals surface area contributed by atoms with Gasteiger partial charge >= 0.3 is 0 Å². The van der Waals surface area contributed by atoms with Crippen molar-refractivity contribution in [3.05, 3.63) is 65.5 Å². The number of fused-ring (bicyclic) bond motifs is 1. The molecule has 0 aliphatic carbocycles. The van der Waals surface area contributed by atoms with Crippen LogP contribution in [0.4, 0.5) is 8.78 Å². The Bertz CT molecular complexity index is 846. The fraction of sp³-hybridized carbons (Fsp3) is 0.176. The first kappa shape index (κ1) is 13.9. The van der Waals surface area contributed by atoms with Gasteiger partial charge in [0, 0.05) is 13.1 Å². The van der Waals surface area contributed by atoms with E-state index in [0.29, 0.717) is 13.1 Å². The molecule has 1 aliphatic heterocycles. The molecule has 3 aromatic rings. The molecule has 1 amide bonds. The quantitative estimate of drug-likeness (QED) is 0.790. The summed E-state index contributed by atoms with van der Waals surface area (Å²) in [6.07, 6.45) is 0. The number of hydrogen-bond donors (Lipinski definition) is 1. The third-order valence-corrected chi connectivity index (χ3v) is 4.14. The van der Waals surface area contributed by atoms with Crippen molar-refractivity contribution in [3.8, 4) is 0 Å². The standard InChI is InChI=1S/C17H13F2N3O/c18-11-4-3-5-12(19)15(11)17(23)22-8-10(9-22)16-20-13-6-1-2-7-14(13)21-16/h1-7,10H,8-9H2,(H,20,21). The lowest BCUT2D eigenvalue weighted by atomic mass is 9.98. The monoisotopic (exact) mass is 313 g/mol. The van der Waals surface area contributed by atoms with Gasteiger partial charge in [0.25, 0.3) is 5.91 Å². The number of carbonyl (C=O) groups is 1. The van der Waals surface area contributed by atoms with Crippen LogP contribution in [0.2, 0.25) is 0 Å². The molecule has 23 heavy (non-hydrogen) atoms. The third-order valence-electron chi connectivity index (χ3n) is 4.14. The first-order valence-corrected chi connectivity index (χ1v) is 7.31. The second kappa shape index (κ2) is 5.15. The van der Waals surface area contributed by atoms with Gasteiger partial charge in [-0.25, -0.2) is 13.8 Å². The van der Waals surface area contributed by atoms with E-state index >= 15 is 0 Å². The van der Waals surface area contributed by atoms with Crippen LogP contribution in [0.25, 0.3) is 11.0 Å². The number of imidazole rings is 1. The Kier molecular flexibility index (Phi) is 3.11. The zero-order valence-electron chi connectivity index (χ0n) is 12.1. The molecule has 1 aliphatic rings. The maximum Gasteiger partial charge on any atom is 0.259 e. The van der Waals surface area contributed by atoms with Gasteiger partial charge in [-0.2, -0.15) is 0 Å². The van der Waals surface area contributed by atoms with E-state index in [1.807, 2.05) is 24.3 Å². The average molecular weight is 313 g/mol. The lowest BCUT2D eigenvalue weighted by molar-refractivity contribution is 0.0585. The molecule has 0 radical (unpaired) electrons. The number of rotatable bonds is 2. The predicted molar refractivity (Wildman–Crippen MR) is 81.1 cm³/mol. The van der Waals surface area contributed by atoms with Crippen LogP contribution in [0, 0.1) is 11.6 Å². The van der Waals surface area contributed by atoms with Gasteiger partial charge in [-0.05, 0) is 24.3 Å². The number of H-pyrrole nitrogens is 1. The summed E-state index contributed by atoms with van der Waals surface area (Å²) in [7, 11) is 0. The lowest BCUT2D eigenvalue weighted by Gasteiger charge is -2.38. The molecule has 1 saturated heterocycles. The molecule has 4 rings (SSSR count). The number of aromatic amines is 1. The topological polar surface area (TPSA) is 49.0 Å². The minimum atomic E-state index is -0.831. The van der Waals surface area contributed by atoms with Crippen LogP contribution in [-0.4, -0.2) is 33.9 Å². The Labute approximate surface area is 130 Å². The maximum absolute atomic E-state index is 13.7. The van der Waals surface area contributed by atoms with Crippen LogP contribution in [-0.2, 0) is 0 Å². The van der Waals surface area contributed by atoms with Gasteiger partial charge in [-0.1, -0.05) is 18.2 Å². The molecular formula is C17H13F2N3O. The van der Waals surface area contributed by atoms with Crippen LogP contribution < -0.4 is 0 Å². The molecule has 0 unspecified atom stereocenters. The van der Waals surface area contributed by atoms with Gasteiger partial charge < -0.3 is 9.88 Å². The highest BCUT2D eigenvalue weighted by Crippen LogP contribution is 2.29. The summed E-state index contributed by atoms with van der Waals surface area (Å²) >= 11 is 0. The van der Waals surface area contributed by atoms with Crippen LogP contribution >= 0.6 is 0 Å². The van der Waals surface area contributed by atoms with Gasteiger partial charge in [0.15, 0.2) is 0 Å². The first-order chi connectivity index (χ1) is 11.1. The third kappa shape index (κ3) is 2.27. The van der Waals surface area contributed by atoms with E-state index < -0.39 is 23.1 Å². The van der Waals surface area contributed by atoms with Crippen LogP contribution in [0.3, 0.4) is 0 Å². The zero-order chi connectivity index (χ0) is 16.0. The van der Waals surface area contributed by atoms with E-state index in [1.165, 1.54) is 11.0 Å². The van der Waals surface area contributed by atoms with Crippen LogP contribution in [0.1, 0.15) is 22.1 Å². The Morgan fingerprint density at radius 2 is 1.78 bits per heavy atom. The molecule has 2 heterocycles. The molecule has 4 nitrogen and oxygen atoms in total. The summed E-state index contributed by atoms with van der Waals surface area (Å²) in [6.45, 7) is 0.791. The fourth-order valence-corrected chi connectivity index (χ4v) is 2.84. The Balaban J connectivity index is 1.52. The molecule has 116 valence electrons. The van der Waals surface area contributed by atoms with E-state index in [9.17, 15) is 13.6 Å². The van der Waals surface area contributed by atoms with Crippen molar-refractivity contribution < 1.29 is 13.6 Å². The second-order valence-electron chi connectivity index (χ2n) is 5.64. The number of benzene rings is 2. The number of aromatic nitrogens is 2. The van der Waals surface area contributed by atoms with Crippen molar-refractivity contribution in [2.45, 2.75) is 5.92 Å². The lowest BCUT2D eigenvalue weighted by Crippen LogP contribution is -2.49. The molecular weight excluding hydrogens is 300 g/mol. The minimum absolute atomic E-state index is 0.0567. The van der Waals surface area contributed by atoms with Gasteiger partial charge in [-0.15, -0.1) is 0 Å². The molecule has 1 fully saturated rings. The average Bonchev–Trinajstić information content (AvgIpc) is 2.88. The number of carbonyl (C=O) groups excluding carboxylic acids is 1. The Morgan fingerprint density at radius 3 is 2.48 bits per heavy atom. The molecule has 0 atom stereocenters.